The fourth-order valence-electron chi connectivity index (χ4n) is 2.22. The number of hydrogen-bond acceptors (Lipinski definition) is 4. The van der Waals surface area contributed by atoms with Crippen molar-refractivity contribution in [3.63, 3.8) is 0 Å². The Morgan fingerprint density at radius 2 is 2.10 bits per heavy atom. The molecule has 3 nitrogen and oxygen atoms in total. The van der Waals surface area contributed by atoms with E-state index in [0.717, 1.165) is 28.8 Å². The molecule has 0 saturated heterocycles. The van der Waals surface area contributed by atoms with Crippen molar-refractivity contribution in [2.45, 2.75) is 40.2 Å². The normalized spacial score (nSPS) is 19.4. The first-order valence-corrected chi connectivity index (χ1v) is 8.01. The zero-order chi connectivity index (χ0) is 14.8. The van der Waals surface area contributed by atoms with E-state index < -0.39 is 0 Å². The third-order valence-electron chi connectivity index (χ3n) is 3.58. The number of rotatable bonds is 2. The van der Waals surface area contributed by atoms with E-state index in [1.54, 1.807) is 18.9 Å². The van der Waals surface area contributed by atoms with Crippen molar-refractivity contribution in [2.24, 2.45) is 10.4 Å². The lowest BCUT2D eigenvalue weighted by Gasteiger charge is -2.31. The standard InChI is InChI=1S/C16H24N2OS/c1-11-10-12(19-5)6-7-13(11)17-15-18-14(8-9-20-15)16(2,3)4/h6-7,10,14H,8-9H2,1-5H3,(H,17,18). The van der Waals surface area contributed by atoms with Crippen LogP contribution in [-0.2, 0) is 0 Å². The predicted octanol–water partition coefficient (Wildman–Crippen LogP) is 4.32. The first-order valence-electron chi connectivity index (χ1n) is 7.02. The molecule has 1 atom stereocenters. The summed E-state index contributed by atoms with van der Waals surface area (Å²) in [6, 6.07) is 6.46. The van der Waals surface area contributed by atoms with Crippen molar-refractivity contribution in [3.05, 3.63) is 23.8 Å². The molecule has 0 bridgehead atoms. The Labute approximate surface area is 126 Å². The molecule has 1 heterocycles. The summed E-state index contributed by atoms with van der Waals surface area (Å²) in [5.41, 5.74) is 2.50. The highest BCUT2D eigenvalue weighted by Crippen LogP contribution is 2.31. The van der Waals surface area contributed by atoms with E-state index in [-0.39, 0.29) is 5.41 Å². The number of hydrogen-bond donors (Lipinski definition) is 1. The lowest BCUT2D eigenvalue weighted by Crippen LogP contribution is -2.30. The molecule has 0 radical (unpaired) electrons. The van der Waals surface area contributed by atoms with Crippen LogP contribution in [0.25, 0.3) is 0 Å². The molecule has 1 N–H and O–H groups in total. The van der Waals surface area contributed by atoms with Crippen LogP contribution in [-0.4, -0.2) is 24.1 Å². The Morgan fingerprint density at radius 1 is 1.35 bits per heavy atom. The van der Waals surface area contributed by atoms with E-state index in [0.29, 0.717) is 6.04 Å². The molecule has 0 aromatic heterocycles. The quantitative estimate of drug-likeness (QED) is 0.881. The van der Waals surface area contributed by atoms with Crippen LogP contribution in [0.1, 0.15) is 32.8 Å². The molecule has 2 rings (SSSR count). The van der Waals surface area contributed by atoms with Crippen LogP contribution in [0, 0.1) is 12.3 Å². The summed E-state index contributed by atoms with van der Waals surface area (Å²) in [4.78, 5) is 4.87. The van der Waals surface area contributed by atoms with E-state index in [9.17, 15) is 0 Å². The number of nitrogens with zero attached hydrogens (tertiary/aromatic N) is 1. The topological polar surface area (TPSA) is 33.6 Å². The molecule has 1 aromatic rings. The van der Waals surface area contributed by atoms with Gasteiger partial charge in [0.25, 0.3) is 0 Å². The van der Waals surface area contributed by atoms with Crippen molar-refractivity contribution in [3.8, 4) is 5.75 Å². The van der Waals surface area contributed by atoms with Crippen molar-refractivity contribution >= 4 is 22.6 Å². The van der Waals surface area contributed by atoms with Gasteiger partial charge in [-0.05, 0) is 42.5 Å². The highest BCUT2D eigenvalue weighted by Gasteiger charge is 2.27. The van der Waals surface area contributed by atoms with Gasteiger partial charge in [-0.3, -0.25) is 4.99 Å². The molecule has 110 valence electrons. The molecule has 0 saturated carbocycles. The molecule has 1 aliphatic rings. The number of benzene rings is 1. The van der Waals surface area contributed by atoms with Gasteiger partial charge in [-0.15, -0.1) is 0 Å². The fraction of sp³-hybridized carbons (Fsp3) is 0.562. The van der Waals surface area contributed by atoms with Crippen molar-refractivity contribution in [1.82, 2.24) is 0 Å². The minimum Gasteiger partial charge on any atom is -0.497 e. The van der Waals surface area contributed by atoms with Crippen molar-refractivity contribution in [1.29, 1.82) is 0 Å². The van der Waals surface area contributed by atoms with Gasteiger partial charge in [0.15, 0.2) is 5.17 Å². The van der Waals surface area contributed by atoms with Gasteiger partial charge in [-0.2, -0.15) is 0 Å². The van der Waals surface area contributed by atoms with Crippen LogP contribution in [0.5, 0.6) is 5.75 Å². The summed E-state index contributed by atoms with van der Waals surface area (Å²) in [5, 5.41) is 4.49. The number of aliphatic imine (C=N–C) groups is 1. The number of nitrogens with one attached hydrogen (secondary N) is 1. The van der Waals surface area contributed by atoms with Crippen LogP contribution < -0.4 is 10.1 Å². The summed E-state index contributed by atoms with van der Waals surface area (Å²) in [6.07, 6.45) is 1.15. The van der Waals surface area contributed by atoms with Crippen LogP contribution in [0.15, 0.2) is 23.2 Å². The molecule has 0 amide bonds. The lowest BCUT2D eigenvalue weighted by atomic mass is 9.85. The first kappa shape index (κ1) is 15.2. The van der Waals surface area contributed by atoms with Gasteiger partial charge < -0.3 is 10.1 Å². The van der Waals surface area contributed by atoms with Crippen LogP contribution in [0.4, 0.5) is 5.69 Å². The first-order chi connectivity index (χ1) is 9.40. The van der Waals surface area contributed by atoms with Crippen LogP contribution in [0.3, 0.4) is 0 Å². The van der Waals surface area contributed by atoms with Crippen LogP contribution in [0.2, 0.25) is 0 Å². The Hall–Kier alpha value is -1.16. The van der Waals surface area contributed by atoms with E-state index in [2.05, 4.69) is 39.1 Å². The number of amidine groups is 1. The molecule has 1 unspecified atom stereocenters. The minimum atomic E-state index is 0.225. The fourth-order valence-corrected chi connectivity index (χ4v) is 3.14. The van der Waals surface area contributed by atoms with Crippen molar-refractivity contribution in [2.75, 3.05) is 18.2 Å². The predicted molar refractivity (Wildman–Crippen MR) is 89.1 cm³/mol. The average molecular weight is 292 g/mol. The SMILES string of the molecule is COc1ccc(NC2=NC(C(C)(C)C)CCS2)c(C)c1. The Morgan fingerprint density at radius 3 is 2.70 bits per heavy atom. The largest absolute Gasteiger partial charge is 0.497 e. The van der Waals surface area contributed by atoms with Gasteiger partial charge in [0, 0.05) is 11.4 Å². The Balaban J connectivity index is 2.15. The van der Waals surface area contributed by atoms with E-state index in [4.69, 9.17) is 9.73 Å². The second-order valence-corrected chi connectivity index (χ2v) is 7.34. The number of anilines is 1. The highest BCUT2D eigenvalue weighted by molar-refractivity contribution is 8.14. The lowest BCUT2D eigenvalue weighted by molar-refractivity contribution is 0.316. The van der Waals surface area contributed by atoms with Gasteiger partial charge >= 0.3 is 0 Å². The van der Waals surface area contributed by atoms with E-state index >= 15 is 0 Å². The Kier molecular flexibility index (Phi) is 4.63. The number of methoxy groups -OCH3 is 1. The van der Waals surface area contributed by atoms with Crippen LogP contribution >= 0.6 is 11.8 Å². The second kappa shape index (κ2) is 6.08. The maximum atomic E-state index is 5.24. The maximum Gasteiger partial charge on any atom is 0.161 e. The summed E-state index contributed by atoms with van der Waals surface area (Å²) < 4.78 is 5.24. The molecular formula is C16H24N2OS. The molecule has 0 spiro atoms. The maximum absolute atomic E-state index is 5.24. The summed E-state index contributed by atoms with van der Waals surface area (Å²) in [6.45, 7) is 8.86. The molecule has 1 aromatic carbocycles. The minimum absolute atomic E-state index is 0.225. The highest BCUT2D eigenvalue weighted by atomic mass is 32.2. The zero-order valence-corrected chi connectivity index (χ0v) is 13.8. The molecule has 0 fully saturated rings. The third-order valence-corrected chi connectivity index (χ3v) is 4.50. The number of ether oxygens (including phenoxy) is 1. The summed E-state index contributed by atoms with van der Waals surface area (Å²) >= 11 is 1.80. The molecule has 0 aliphatic carbocycles. The smallest absolute Gasteiger partial charge is 0.161 e. The van der Waals surface area contributed by atoms with Gasteiger partial charge in [-0.25, -0.2) is 0 Å². The third kappa shape index (κ3) is 3.69. The van der Waals surface area contributed by atoms with Gasteiger partial charge in [-0.1, -0.05) is 32.5 Å². The van der Waals surface area contributed by atoms with Gasteiger partial charge in [0.1, 0.15) is 5.75 Å². The van der Waals surface area contributed by atoms with E-state index in [1.807, 2.05) is 12.1 Å². The summed E-state index contributed by atoms with van der Waals surface area (Å²) in [5.74, 6) is 2.02. The summed E-state index contributed by atoms with van der Waals surface area (Å²) in [7, 11) is 1.69. The number of aryl methyl sites for hydroxylation is 1. The number of thioether (sulfide) groups is 1. The average Bonchev–Trinajstić information content (AvgIpc) is 2.40. The molecule has 1 aliphatic heterocycles. The molecule has 4 heteroatoms. The van der Waals surface area contributed by atoms with Gasteiger partial charge in [0.2, 0.25) is 0 Å². The molecular weight excluding hydrogens is 268 g/mol. The second-order valence-electron chi connectivity index (χ2n) is 6.26. The Bertz CT molecular complexity index is 506. The molecule has 20 heavy (non-hydrogen) atoms. The van der Waals surface area contributed by atoms with Gasteiger partial charge in [0.05, 0.1) is 13.2 Å². The zero-order valence-electron chi connectivity index (χ0n) is 13.0. The monoisotopic (exact) mass is 292 g/mol. The van der Waals surface area contributed by atoms with Crippen molar-refractivity contribution < 1.29 is 4.74 Å². The van der Waals surface area contributed by atoms with E-state index in [1.165, 1.54) is 5.56 Å².